The third-order valence-corrected chi connectivity index (χ3v) is 3.82. The van der Waals surface area contributed by atoms with Crippen LogP contribution in [-0.4, -0.2) is 25.2 Å². The van der Waals surface area contributed by atoms with Gasteiger partial charge in [0, 0.05) is 19.0 Å². The number of rotatable bonds is 7. The third-order valence-electron chi connectivity index (χ3n) is 3.82. The van der Waals surface area contributed by atoms with Crippen LogP contribution in [0.2, 0.25) is 0 Å². The molecule has 0 aromatic heterocycles. The largest absolute Gasteiger partial charge is 0.493 e. The van der Waals surface area contributed by atoms with E-state index in [1.165, 1.54) is 12.8 Å². The Bertz CT molecular complexity index is 497. The smallest absolute Gasteiger partial charge is 0.221 e. The first-order valence-electron chi connectivity index (χ1n) is 7.94. The van der Waals surface area contributed by atoms with E-state index in [1.54, 1.807) is 7.11 Å². The van der Waals surface area contributed by atoms with Crippen molar-refractivity contribution < 1.29 is 14.3 Å². The second kappa shape index (κ2) is 8.03. The van der Waals surface area contributed by atoms with Gasteiger partial charge in [0.25, 0.3) is 0 Å². The van der Waals surface area contributed by atoms with E-state index in [0.717, 1.165) is 24.2 Å². The maximum absolute atomic E-state index is 11.6. The molecule has 0 aliphatic heterocycles. The summed E-state index contributed by atoms with van der Waals surface area (Å²) in [5.41, 5.74) is 6.59. The van der Waals surface area contributed by atoms with Crippen molar-refractivity contribution in [2.24, 2.45) is 5.73 Å². The van der Waals surface area contributed by atoms with E-state index < -0.39 is 0 Å². The molecule has 1 atom stereocenters. The molecule has 1 aromatic rings. The van der Waals surface area contributed by atoms with Crippen molar-refractivity contribution in [2.75, 3.05) is 7.11 Å². The Kier molecular flexibility index (Phi) is 6.07. The lowest BCUT2D eigenvalue weighted by molar-refractivity contribution is -0.121. The summed E-state index contributed by atoms with van der Waals surface area (Å²) in [5.74, 6) is 1.45. The SMILES string of the molecule is COc1cc(CNC(=O)CC(C)N)ccc1OC1CCCC1. The van der Waals surface area contributed by atoms with Gasteiger partial charge < -0.3 is 20.5 Å². The molecule has 1 amide bonds. The molecular weight excluding hydrogens is 280 g/mol. The highest BCUT2D eigenvalue weighted by molar-refractivity contribution is 5.76. The van der Waals surface area contributed by atoms with E-state index in [1.807, 2.05) is 25.1 Å². The Morgan fingerprint density at radius 3 is 2.73 bits per heavy atom. The minimum absolute atomic E-state index is 0.0414. The van der Waals surface area contributed by atoms with Crippen molar-refractivity contribution in [3.05, 3.63) is 23.8 Å². The average molecular weight is 306 g/mol. The van der Waals surface area contributed by atoms with Crippen LogP contribution in [0, 0.1) is 0 Å². The summed E-state index contributed by atoms with van der Waals surface area (Å²) >= 11 is 0. The third kappa shape index (κ3) is 4.91. The van der Waals surface area contributed by atoms with Crippen LogP contribution in [-0.2, 0) is 11.3 Å². The maximum Gasteiger partial charge on any atom is 0.221 e. The summed E-state index contributed by atoms with van der Waals surface area (Å²) < 4.78 is 11.4. The molecule has 2 rings (SSSR count). The molecule has 0 bridgehead atoms. The Balaban J connectivity index is 1.94. The molecule has 5 nitrogen and oxygen atoms in total. The molecule has 1 unspecified atom stereocenters. The van der Waals surface area contributed by atoms with Gasteiger partial charge in [0.2, 0.25) is 5.91 Å². The topological polar surface area (TPSA) is 73.6 Å². The zero-order valence-electron chi connectivity index (χ0n) is 13.4. The van der Waals surface area contributed by atoms with Gasteiger partial charge in [0.05, 0.1) is 13.2 Å². The molecule has 122 valence electrons. The van der Waals surface area contributed by atoms with Crippen LogP contribution in [0.15, 0.2) is 18.2 Å². The number of carbonyl (C=O) groups excluding carboxylic acids is 1. The fourth-order valence-electron chi connectivity index (χ4n) is 2.67. The van der Waals surface area contributed by atoms with E-state index in [9.17, 15) is 4.79 Å². The molecule has 1 aliphatic carbocycles. The number of carbonyl (C=O) groups is 1. The second-order valence-corrected chi connectivity index (χ2v) is 5.97. The summed E-state index contributed by atoms with van der Waals surface area (Å²) in [5, 5.41) is 2.86. The highest BCUT2D eigenvalue weighted by Crippen LogP contribution is 2.32. The first-order chi connectivity index (χ1) is 10.6. The molecule has 0 spiro atoms. The number of benzene rings is 1. The van der Waals surface area contributed by atoms with Crippen molar-refractivity contribution in [1.29, 1.82) is 0 Å². The van der Waals surface area contributed by atoms with Crippen LogP contribution in [0.1, 0.15) is 44.6 Å². The molecule has 0 saturated heterocycles. The van der Waals surface area contributed by atoms with Gasteiger partial charge in [-0.1, -0.05) is 6.07 Å². The van der Waals surface area contributed by atoms with E-state index in [-0.39, 0.29) is 11.9 Å². The molecule has 0 radical (unpaired) electrons. The van der Waals surface area contributed by atoms with Crippen LogP contribution < -0.4 is 20.5 Å². The zero-order valence-corrected chi connectivity index (χ0v) is 13.4. The molecule has 22 heavy (non-hydrogen) atoms. The lowest BCUT2D eigenvalue weighted by Gasteiger charge is -2.17. The number of nitrogens with two attached hydrogens (primary N) is 1. The van der Waals surface area contributed by atoms with Crippen LogP contribution in [0.4, 0.5) is 0 Å². The first kappa shape index (κ1) is 16.6. The average Bonchev–Trinajstić information content (AvgIpc) is 2.98. The monoisotopic (exact) mass is 306 g/mol. The molecule has 1 aliphatic rings. The van der Waals surface area contributed by atoms with Crippen molar-refractivity contribution in [2.45, 2.75) is 57.7 Å². The number of nitrogens with one attached hydrogen (secondary N) is 1. The summed E-state index contributed by atoms with van der Waals surface area (Å²) in [6.07, 6.45) is 5.31. The minimum atomic E-state index is -0.128. The molecule has 1 aromatic carbocycles. The van der Waals surface area contributed by atoms with Gasteiger partial charge in [0.1, 0.15) is 0 Å². The summed E-state index contributed by atoms with van der Waals surface area (Å²) in [6.45, 7) is 2.28. The normalized spacial score (nSPS) is 16.3. The van der Waals surface area contributed by atoms with Crippen molar-refractivity contribution in [3.8, 4) is 11.5 Å². The van der Waals surface area contributed by atoms with Gasteiger partial charge in [-0.15, -0.1) is 0 Å². The number of methoxy groups -OCH3 is 1. The summed E-state index contributed by atoms with van der Waals surface area (Å²) in [7, 11) is 1.63. The summed E-state index contributed by atoms with van der Waals surface area (Å²) in [6, 6.07) is 5.66. The van der Waals surface area contributed by atoms with Gasteiger partial charge >= 0.3 is 0 Å². The van der Waals surface area contributed by atoms with Gasteiger partial charge in [-0.3, -0.25) is 4.79 Å². The lowest BCUT2D eigenvalue weighted by Crippen LogP contribution is -2.29. The van der Waals surface area contributed by atoms with E-state index in [2.05, 4.69) is 5.32 Å². The fraction of sp³-hybridized carbons (Fsp3) is 0.588. The minimum Gasteiger partial charge on any atom is -0.493 e. The van der Waals surface area contributed by atoms with Gasteiger partial charge in [0.15, 0.2) is 11.5 Å². The van der Waals surface area contributed by atoms with Gasteiger partial charge in [-0.05, 0) is 50.3 Å². The summed E-state index contributed by atoms with van der Waals surface area (Å²) in [4.78, 5) is 11.6. The molecular formula is C17H26N2O3. The lowest BCUT2D eigenvalue weighted by atomic mass is 10.2. The standard InChI is InChI=1S/C17H26N2O3/c1-12(18)9-17(20)19-11-13-7-8-15(16(10-13)21-2)22-14-5-3-4-6-14/h7-8,10,12,14H,3-6,9,11,18H2,1-2H3,(H,19,20). The van der Waals surface area contributed by atoms with Crippen molar-refractivity contribution in [3.63, 3.8) is 0 Å². The Labute approximate surface area is 132 Å². The van der Waals surface area contributed by atoms with Crippen LogP contribution in [0.3, 0.4) is 0 Å². The van der Waals surface area contributed by atoms with Crippen LogP contribution in [0.5, 0.6) is 11.5 Å². The zero-order chi connectivity index (χ0) is 15.9. The molecule has 1 fully saturated rings. The number of hydrogen-bond donors (Lipinski definition) is 2. The van der Waals surface area contributed by atoms with E-state index >= 15 is 0 Å². The molecule has 0 heterocycles. The predicted octanol–water partition coefficient (Wildman–Crippen LogP) is 2.37. The van der Waals surface area contributed by atoms with E-state index in [4.69, 9.17) is 15.2 Å². The highest BCUT2D eigenvalue weighted by Gasteiger charge is 2.18. The Morgan fingerprint density at radius 2 is 2.09 bits per heavy atom. The molecule has 3 N–H and O–H groups in total. The Hall–Kier alpha value is -1.75. The first-order valence-corrected chi connectivity index (χ1v) is 7.94. The predicted molar refractivity (Wildman–Crippen MR) is 86.0 cm³/mol. The number of ether oxygens (including phenoxy) is 2. The molecule has 5 heteroatoms. The van der Waals surface area contributed by atoms with Gasteiger partial charge in [-0.2, -0.15) is 0 Å². The highest BCUT2D eigenvalue weighted by atomic mass is 16.5. The van der Waals surface area contributed by atoms with Crippen LogP contribution >= 0.6 is 0 Å². The Morgan fingerprint density at radius 1 is 1.36 bits per heavy atom. The van der Waals surface area contributed by atoms with Crippen molar-refractivity contribution in [1.82, 2.24) is 5.32 Å². The quantitative estimate of drug-likeness (QED) is 0.811. The van der Waals surface area contributed by atoms with Crippen molar-refractivity contribution >= 4 is 5.91 Å². The maximum atomic E-state index is 11.6. The van der Waals surface area contributed by atoms with Gasteiger partial charge in [-0.25, -0.2) is 0 Å². The van der Waals surface area contributed by atoms with E-state index in [0.29, 0.717) is 24.8 Å². The molecule has 1 saturated carbocycles. The number of amides is 1. The fourth-order valence-corrected chi connectivity index (χ4v) is 2.67. The van der Waals surface area contributed by atoms with Crippen LogP contribution in [0.25, 0.3) is 0 Å². The number of hydrogen-bond acceptors (Lipinski definition) is 4. The second-order valence-electron chi connectivity index (χ2n) is 5.97.